The Morgan fingerprint density at radius 2 is 2.05 bits per heavy atom. The van der Waals surface area contributed by atoms with Crippen molar-refractivity contribution in [3.05, 3.63) is 51.9 Å². The third-order valence-electron chi connectivity index (χ3n) is 3.48. The number of carboxylic acid groups (broad SMARTS) is 1. The van der Waals surface area contributed by atoms with Crippen molar-refractivity contribution in [3.63, 3.8) is 0 Å². The van der Waals surface area contributed by atoms with Gasteiger partial charge in [0.1, 0.15) is 4.83 Å². The summed E-state index contributed by atoms with van der Waals surface area (Å²) in [5, 5.41) is 13.0. The molecule has 1 aromatic carbocycles. The molecule has 0 spiro atoms. The number of fused-ring (bicyclic) bond motifs is 1. The summed E-state index contributed by atoms with van der Waals surface area (Å²) in [4.78, 5) is 28.1. The maximum atomic E-state index is 12.6. The van der Waals surface area contributed by atoms with E-state index in [1.807, 2.05) is 36.6 Å². The second-order valence-electron chi connectivity index (χ2n) is 5.06. The van der Waals surface area contributed by atoms with E-state index in [1.165, 1.54) is 22.2 Å². The van der Waals surface area contributed by atoms with E-state index in [2.05, 4.69) is 4.98 Å². The van der Waals surface area contributed by atoms with Gasteiger partial charge in [0.05, 0.1) is 11.7 Å². The number of carbonyl (C=O) groups excluding carboxylic acids is 1. The van der Waals surface area contributed by atoms with Gasteiger partial charge in [-0.15, -0.1) is 11.3 Å². The molecule has 0 radical (unpaired) electrons. The first-order valence-electron chi connectivity index (χ1n) is 6.80. The highest BCUT2D eigenvalue weighted by Gasteiger charge is 2.13. The van der Waals surface area contributed by atoms with Crippen LogP contribution < -0.4 is 10.7 Å². The molecule has 0 atom stereocenters. The van der Waals surface area contributed by atoms with Gasteiger partial charge in [0.25, 0.3) is 5.56 Å². The van der Waals surface area contributed by atoms with Gasteiger partial charge in [-0.3, -0.25) is 9.36 Å². The molecule has 6 heteroatoms. The molecule has 3 rings (SSSR count). The molecule has 0 saturated heterocycles. The first-order valence-corrected chi connectivity index (χ1v) is 7.68. The number of aromatic nitrogens is 2. The zero-order chi connectivity index (χ0) is 15.7. The van der Waals surface area contributed by atoms with Crippen LogP contribution in [0.1, 0.15) is 12.0 Å². The Bertz CT molecular complexity index is 894. The molecule has 0 aliphatic heterocycles. The Labute approximate surface area is 130 Å². The standard InChI is InChI=1S/C16H14N2O3S/c1-10-2-4-11(5-3-10)12-8-22-15-14(12)16(21)18(9-17-15)7-6-13(19)20/h2-5,8-9H,6-7H2,1H3,(H,19,20)/p-1. The maximum Gasteiger partial charge on any atom is 0.262 e. The van der Waals surface area contributed by atoms with Crippen molar-refractivity contribution in [2.75, 3.05) is 0 Å². The number of aryl methyl sites for hydroxylation is 2. The number of rotatable bonds is 4. The quantitative estimate of drug-likeness (QED) is 0.733. The molecule has 0 bridgehead atoms. The molecule has 0 amide bonds. The Hall–Kier alpha value is -2.47. The minimum Gasteiger partial charge on any atom is -0.550 e. The SMILES string of the molecule is Cc1ccc(-c2csc3ncn(CCC(=O)[O-])c(=O)c23)cc1. The van der Waals surface area contributed by atoms with E-state index < -0.39 is 5.97 Å². The van der Waals surface area contributed by atoms with Gasteiger partial charge in [0.2, 0.25) is 0 Å². The van der Waals surface area contributed by atoms with E-state index in [-0.39, 0.29) is 18.5 Å². The maximum absolute atomic E-state index is 12.6. The van der Waals surface area contributed by atoms with Crippen molar-refractivity contribution in [1.29, 1.82) is 0 Å². The number of benzene rings is 1. The molecule has 2 aromatic heterocycles. The summed E-state index contributed by atoms with van der Waals surface area (Å²) in [6, 6.07) is 7.91. The molecule has 5 nitrogen and oxygen atoms in total. The Balaban J connectivity index is 2.12. The first-order chi connectivity index (χ1) is 10.6. The van der Waals surface area contributed by atoms with E-state index in [0.717, 1.165) is 16.7 Å². The summed E-state index contributed by atoms with van der Waals surface area (Å²) in [6.07, 6.45) is 1.18. The van der Waals surface area contributed by atoms with Crippen LogP contribution in [0.2, 0.25) is 0 Å². The average molecular weight is 313 g/mol. The van der Waals surface area contributed by atoms with Crippen molar-refractivity contribution in [2.45, 2.75) is 19.9 Å². The minimum absolute atomic E-state index is 0.0628. The van der Waals surface area contributed by atoms with Crippen molar-refractivity contribution in [1.82, 2.24) is 9.55 Å². The molecular weight excluding hydrogens is 300 g/mol. The minimum atomic E-state index is -1.18. The summed E-state index contributed by atoms with van der Waals surface area (Å²) in [5.74, 6) is -1.18. The summed E-state index contributed by atoms with van der Waals surface area (Å²) in [5.41, 5.74) is 2.71. The monoisotopic (exact) mass is 313 g/mol. The average Bonchev–Trinajstić information content (AvgIpc) is 2.92. The number of aliphatic carboxylic acids is 1. The first kappa shape index (κ1) is 14.5. The number of carboxylic acids is 1. The van der Waals surface area contributed by atoms with Crippen LogP contribution in [0, 0.1) is 6.92 Å². The van der Waals surface area contributed by atoms with E-state index >= 15 is 0 Å². The van der Waals surface area contributed by atoms with E-state index in [4.69, 9.17) is 0 Å². The topological polar surface area (TPSA) is 75.0 Å². The van der Waals surface area contributed by atoms with Crippen LogP contribution >= 0.6 is 11.3 Å². The lowest BCUT2D eigenvalue weighted by Gasteiger charge is -2.06. The van der Waals surface area contributed by atoms with Gasteiger partial charge in [0.15, 0.2) is 0 Å². The molecular formula is C16H13N2O3S-. The number of thiophene rings is 1. The predicted octanol–water partition coefficient (Wildman–Crippen LogP) is 1.57. The van der Waals surface area contributed by atoms with Gasteiger partial charge in [-0.1, -0.05) is 29.8 Å². The summed E-state index contributed by atoms with van der Waals surface area (Å²) in [7, 11) is 0. The molecule has 0 aliphatic carbocycles. The molecule has 0 aliphatic rings. The van der Waals surface area contributed by atoms with Crippen molar-refractivity contribution < 1.29 is 9.90 Å². The highest BCUT2D eigenvalue weighted by atomic mass is 32.1. The van der Waals surface area contributed by atoms with Gasteiger partial charge in [-0.05, 0) is 12.5 Å². The van der Waals surface area contributed by atoms with Gasteiger partial charge < -0.3 is 9.90 Å². The molecule has 112 valence electrons. The predicted molar refractivity (Wildman–Crippen MR) is 83.7 cm³/mol. The van der Waals surface area contributed by atoms with Crippen LogP contribution in [0.15, 0.2) is 40.8 Å². The number of nitrogens with zero attached hydrogens (tertiary/aromatic N) is 2. The number of hydrogen-bond donors (Lipinski definition) is 0. The Morgan fingerprint density at radius 3 is 2.73 bits per heavy atom. The fourth-order valence-electron chi connectivity index (χ4n) is 2.28. The lowest BCUT2D eigenvalue weighted by molar-refractivity contribution is -0.305. The largest absolute Gasteiger partial charge is 0.550 e. The van der Waals surface area contributed by atoms with Crippen LogP contribution in [-0.2, 0) is 11.3 Å². The van der Waals surface area contributed by atoms with E-state index in [1.54, 1.807) is 0 Å². The van der Waals surface area contributed by atoms with Gasteiger partial charge in [0, 0.05) is 29.9 Å². The van der Waals surface area contributed by atoms with Gasteiger partial charge in [-0.2, -0.15) is 0 Å². The van der Waals surface area contributed by atoms with Gasteiger partial charge >= 0.3 is 0 Å². The molecule has 0 N–H and O–H groups in total. The molecule has 3 aromatic rings. The third kappa shape index (κ3) is 2.65. The highest BCUT2D eigenvalue weighted by molar-refractivity contribution is 7.17. The Kier molecular flexibility index (Phi) is 3.77. The fraction of sp³-hybridized carbons (Fsp3) is 0.188. The highest BCUT2D eigenvalue weighted by Crippen LogP contribution is 2.30. The van der Waals surface area contributed by atoms with Gasteiger partial charge in [-0.25, -0.2) is 4.98 Å². The van der Waals surface area contributed by atoms with Crippen LogP contribution in [0.5, 0.6) is 0 Å². The van der Waals surface area contributed by atoms with E-state index in [0.29, 0.717) is 10.2 Å². The van der Waals surface area contributed by atoms with Crippen molar-refractivity contribution in [2.24, 2.45) is 0 Å². The van der Waals surface area contributed by atoms with Crippen LogP contribution in [0.25, 0.3) is 21.3 Å². The smallest absolute Gasteiger partial charge is 0.262 e. The van der Waals surface area contributed by atoms with Crippen LogP contribution in [0.4, 0.5) is 0 Å². The molecule has 0 fully saturated rings. The summed E-state index contributed by atoms with van der Waals surface area (Å²) in [6.45, 7) is 2.07. The zero-order valence-corrected chi connectivity index (χ0v) is 12.7. The summed E-state index contributed by atoms with van der Waals surface area (Å²) < 4.78 is 1.32. The molecule has 2 heterocycles. The lowest BCUT2D eigenvalue weighted by Crippen LogP contribution is -2.27. The second kappa shape index (κ2) is 5.73. The number of carbonyl (C=O) groups is 1. The van der Waals surface area contributed by atoms with Crippen LogP contribution in [0.3, 0.4) is 0 Å². The molecule has 22 heavy (non-hydrogen) atoms. The zero-order valence-electron chi connectivity index (χ0n) is 11.9. The molecule has 0 saturated carbocycles. The van der Waals surface area contributed by atoms with Crippen LogP contribution in [-0.4, -0.2) is 15.5 Å². The Morgan fingerprint density at radius 1 is 1.32 bits per heavy atom. The summed E-state index contributed by atoms with van der Waals surface area (Å²) >= 11 is 1.41. The van der Waals surface area contributed by atoms with Crippen molar-refractivity contribution in [3.8, 4) is 11.1 Å². The number of hydrogen-bond acceptors (Lipinski definition) is 5. The molecule has 0 unspecified atom stereocenters. The lowest BCUT2D eigenvalue weighted by atomic mass is 10.1. The second-order valence-corrected chi connectivity index (χ2v) is 5.92. The van der Waals surface area contributed by atoms with E-state index in [9.17, 15) is 14.7 Å². The van der Waals surface area contributed by atoms with Crippen molar-refractivity contribution >= 4 is 27.5 Å². The third-order valence-corrected chi connectivity index (χ3v) is 4.37. The normalized spacial score (nSPS) is 11.0. The fourth-order valence-corrected chi connectivity index (χ4v) is 3.19.